The van der Waals surface area contributed by atoms with E-state index in [1.807, 2.05) is 30.3 Å². The van der Waals surface area contributed by atoms with Gasteiger partial charge in [-0.25, -0.2) is 4.79 Å². The summed E-state index contributed by atoms with van der Waals surface area (Å²) in [5.41, 5.74) is 0. The zero-order valence-electron chi connectivity index (χ0n) is 11.7. The number of esters is 1. The molecule has 0 bridgehead atoms. The number of carboxylic acids is 1. The fourth-order valence-electron chi connectivity index (χ4n) is 0.985. The van der Waals surface area contributed by atoms with Gasteiger partial charge in [-0.1, -0.05) is 38.6 Å². The molecule has 0 radical (unpaired) electrons. The van der Waals surface area contributed by atoms with Gasteiger partial charge in [-0.15, -0.1) is 0 Å². The van der Waals surface area contributed by atoms with E-state index in [0.717, 1.165) is 11.8 Å². The van der Waals surface area contributed by atoms with Crippen molar-refractivity contribution in [2.45, 2.75) is 13.8 Å². The summed E-state index contributed by atoms with van der Waals surface area (Å²) in [6.07, 6.45) is 0.833. The van der Waals surface area contributed by atoms with Crippen molar-refractivity contribution in [3.8, 4) is 5.75 Å². The summed E-state index contributed by atoms with van der Waals surface area (Å²) < 4.78 is 10.3. The number of carbonyl (C=O) groups excluding carboxylic acids is 1. The number of benzene rings is 1. The lowest BCUT2D eigenvalue weighted by Gasteiger charge is -2.08. The molecule has 0 fully saturated rings. The molecule has 110 valence electrons. The number of hydrogen-bond acceptors (Lipinski definition) is 4. The summed E-state index contributed by atoms with van der Waals surface area (Å²) in [5, 5.41) is 7.60. The second-order valence-corrected chi connectivity index (χ2v) is 4.03. The average molecular weight is 280 g/mol. The molecule has 1 aromatic carbocycles. The van der Waals surface area contributed by atoms with Gasteiger partial charge < -0.3 is 14.6 Å². The number of hydrogen-bond donors (Lipinski definition) is 1. The van der Waals surface area contributed by atoms with Crippen LogP contribution in [0.25, 0.3) is 0 Å². The van der Waals surface area contributed by atoms with Crippen molar-refractivity contribution in [1.29, 1.82) is 0 Å². The van der Waals surface area contributed by atoms with E-state index in [1.165, 1.54) is 0 Å². The van der Waals surface area contributed by atoms with Gasteiger partial charge in [-0.3, -0.25) is 4.79 Å². The molecule has 0 saturated heterocycles. The highest BCUT2D eigenvalue weighted by molar-refractivity contribution is 5.78. The van der Waals surface area contributed by atoms with Gasteiger partial charge in [-0.2, -0.15) is 0 Å². The summed E-state index contributed by atoms with van der Waals surface area (Å²) >= 11 is 0. The van der Waals surface area contributed by atoms with Gasteiger partial charge in [0.15, 0.2) is 0 Å². The molecule has 0 aliphatic heterocycles. The van der Waals surface area contributed by atoms with E-state index >= 15 is 0 Å². The summed E-state index contributed by atoms with van der Waals surface area (Å²) in [6.45, 7) is 7.26. The smallest absolute Gasteiger partial charge is 0.327 e. The number of para-hydroxylation sites is 1. The minimum Gasteiger partial charge on any atom is -0.490 e. The Morgan fingerprint density at radius 2 is 1.80 bits per heavy atom. The van der Waals surface area contributed by atoms with E-state index in [0.29, 0.717) is 13.2 Å². The van der Waals surface area contributed by atoms with Crippen molar-refractivity contribution in [2.75, 3.05) is 13.2 Å². The van der Waals surface area contributed by atoms with Crippen LogP contribution in [-0.2, 0) is 14.3 Å². The van der Waals surface area contributed by atoms with E-state index in [1.54, 1.807) is 13.8 Å². The number of carboxylic acid groups (broad SMARTS) is 1. The van der Waals surface area contributed by atoms with E-state index < -0.39 is 5.97 Å². The van der Waals surface area contributed by atoms with Crippen LogP contribution in [0, 0.1) is 5.92 Å². The Kier molecular flexibility index (Phi) is 9.39. The maximum atomic E-state index is 11.1. The number of rotatable bonds is 6. The van der Waals surface area contributed by atoms with Gasteiger partial charge in [0.05, 0.1) is 5.92 Å². The van der Waals surface area contributed by atoms with Crippen molar-refractivity contribution in [1.82, 2.24) is 0 Å². The second-order valence-electron chi connectivity index (χ2n) is 4.03. The van der Waals surface area contributed by atoms with Crippen molar-refractivity contribution in [3.05, 3.63) is 43.0 Å². The van der Waals surface area contributed by atoms with Crippen LogP contribution < -0.4 is 4.74 Å². The Bertz CT molecular complexity index is 412. The number of ether oxygens (including phenoxy) is 2. The molecule has 20 heavy (non-hydrogen) atoms. The Morgan fingerprint density at radius 3 is 2.25 bits per heavy atom. The van der Waals surface area contributed by atoms with Crippen LogP contribution >= 0.6 is 0 Å². The van der Waals surface area contributed by atoms with Gasteiger partial charge >= 0.3 is 11.9 Å². The van der Waals surface area contributed by atoms with Crippen LogP contribution in [0.15, 0.2) is 43.0 Å². The first kappa shape index (κ1) is 17.7. The molecule has 1 N–H and O–H groups in total. The molecule has 0 unspecified atom stereocenters. The van der Waals surface area contributed by atoms with Gasteiger partial charge in [0.25, 0.3) is 0 Å². The molecular formula is C15H20O5. The van der Waals surface area contributed by atoms with Crippen molar-refractivity contribution in [3.63, 3.8) is 0 Å². The van der Waals surface area contributed by atoms with Crippen molar-refractivity contribution >= 4 is 11.9 Å². The van der Waals surface area contributed by atoms with Gasteiger partial charge in [0, 0.05) is 6.08 Å². The molecule has 0 atom stereocenters. The standard InChI is InChI=1S/C12H16O3.C3H4O2/c1-10(2)12(13)15-9-8-14-11-6-4-3-5-7-11;1-2-3(4)5/h3-7,10H,8-9H2,1-2H3;2H,1H2,(H,4,5). The second kappa shape index (κ2) is 10.6. The molecule has 5 heteroatoms. The minimum atomic E-state index is -0.981. The summed E-state index contributed by atoms with van der Waals surface area (Å²) in [6, 6.07) is 9.45. The van der Waals surface area contributed by atoms with Crippen LogP contribution in [0.3, 0.4) is 0 Å². The lowest BCUT2D eigenvalue weighted by molar-refractivity contribution is -0.148. The average Bonchev–Trinajstić information content (AvgIpc) is 2.45. The Morgan fingerprint density at radius 1 is 1.25 bits per heavy atom. The topological polar surface area (TPSA) is 72.8 Å². The van der Waals surface area contributed by atoms with Gasteiger partial charge in [0.2, 0.25) is 0 Å². The predicted molar refractivity (Wildman–Crippen MR) is 75.6 cm³/mol. The third kappa shape index (κ3) is 9.70. The molecular weight excluding hydrogens is 260 g/mol. The maximum absolute atomic E-state index is 11.1. The third-order valence-corrected chi connectivity index (χ3v) is 1.99. The van der Waals surface area contributed by atoms with Crippen molar-refractivity contribution in [2.24, 2.45) is 5.92 Å². The summed E-state index contributed by atoms with van der Waals surface area (Å²) in [5.74, 6) is -0.462. The number of aliphatic carboxylic acids is 1. The first-order valence-electron chi connectivity index (χ1n) is 6.17. The third-order valence-electron chi connectivity index (χ3n) is 1.99. The first-order chi connectivity index (χ1) is 9.47. The molecule has 1 aromatic rings. The van der Waals surface area contributed by atoms with Crippen LogP contribution in [-0.4, -0.2) is 30.3 Å². The molecule has 0 aliphatic carbocycles. The lowest BCUT2D eigenvalue weighted by Crippen LogP contribution is -2.16. The molecule has 0 aliphatic rings. The highest BCUT2D eigenvalue weighted by atomic mass is 16.6. The first-order valence-corrected chi connectivity index (χ1v) is 6.17. The minimum absolute atomic E-state index is 0.0817. The monoisotopic (exact) mass is 280 g/mol. The van der Waals surface area contributed by atoms with Crippen LogP contribution in [0.4, 0.5) is 0 Å². The van der Waals surface area contributed by atoms with Crippen LogP contribution in [0.1, 0.15) is 13.8 Å². The molecule has 0 aromatic heterocycles. The molecule has 5 nitrogen and oxygen atoms in total. The van der Waals surface area contributed by atoms with Gasteiger partial charge in [0.1, 0.15) is 19.0 Å². The number of carbonyl (C=O) groups is 2. The Balaban J connectivity index is 0.000000621. The molecule has 1 rings (SSSR count). The van der Waals surface area contributed by atoms with Crippen molar-refractivity contribution < 1.29 is 24.2 Å². The lowest BCUT2D eigenvalue weighted by atomic mass is 10.2. The fourth-order valence-corrected chi connectivity index (χ4v) is 0.985. The van der Waals surface area contributed by atoms with Gasteiger partial charge in [-0.05, 0) is 12.1 Å². The Hall–Kier alpha value is -2.30. The SMILES string of the molecule is C=CC(=O)O.CC(C)C(=O)OCCOc1ccccc1. The molecule has 0 spiro atoms. The fraction of sp³-hybridized carbons (Fsp3) is 0.333. The van der Waals surface area contributed by atoms with E-state index in [-0.39, 0.29) is 11.9 Å². The van der Waals surface area contributed by atoms with E-state index in [4.69, 9.17) is 14.6 Å². The predicted octanol–water partition coefficient (Wildman–Crippen LogP) is 2.52. The molecule has 0 heterocycles. The highest BCUT2D eigenvalue weighted by Crippen LogP contribution is 2.07. The zero-order chi connectivity index (χ0) is 15.4. The quantitative estimate of drug-likeness (QED) is 0.492. The summed E-state index contributed by atoms with van der Waals surface area (Å²) in [4.78, 5) is 20.3. The maximum Gasteiger partial charge on any atom is 0.327 e. The van der Waals surface area contributed by atoms with E-state index in [9.17, 15) is 9.59 Å². The normalized spacial score (nSPS) is 9.15. The molecule has 0 saturated carbocycles. The molecule has 0 amide bonds. The van der Waals surface area contributed by atoms with Crippen LogP contribution in [0.5, 0.6) is 5.75 Å². The Labute approximate surface area is 118 Å². The van der Waals surface area contributed by atoms with Crippen LogP contribution in [0.2, 0.25) is 0 Å². The highest BCUT2D eigenvalue weighted by Gasteiger charge is 2.07. The zero-order valence-corrected chi connectivity index (χ0v) is 11.7. The largest absolute Gasteiger partial charge is 0.490 e. The summed E-state index contributed by atoms with van der Waals surface area (Å²) in [7, 11) is 0. The van der Waals surface area contributed by atoms with E-state index in [2.05, 4.69) is 6.58 Å².